The van der Waals surface area contributed by atoms with Gasteiger partial charge in [0, 0.05) is 39.4 Å². The summed E-state index contributed by atoms with van der Waals surface area (Å²) < 4.78 is 5.74. The predicted molar refractivity (Wildman–Crippen MR) is 86.6 cm³/mol. The van der Waals surface area contributed by atoms with Crippen molar-refractivity contribution in [1.82, 2.24) is 9.80 Å². The topological polar surface area (TPSA) is 53.0 Å². The van der Waals surface area contributed by atoms with Crippen LogP contribution >= 0.6 is 0 Å². The normalized spacial score (nSPS) is 28.0. The summed E-state index contributed by atoms with van der Waals surface area (Å²) in [5.74, 6) is 1.54. The van der Waals surface area contributed by atoms with E-state index in [1.54, 1.807) is 0 Å². The Morgan fingerprint density at radius 1 is 1.18 bits per heavy atom. The molecule has 0 saturated carbocycles. The summed E-state index contributed by atoms with van der Waals surface area (Å²) >= 11 is 0. The molecule has 1 N–H and O–H groups in total. The largest absolute Gasteiger partial charge is 0.396 e. The monoisotopic (exact) mass is 312 g/mol. The maximum Gasteiger partial charge on any atom is 0.236 e. The Morgan fingerprint density at radius 2 is 1.82 bits per heavy atom. The summed E-state index contributed by atoms with van der Waals surface area (Å²) in [5.41, 5.74) is 0. The fourth-order valence-corrected chi connectivity index (χ4v) is 3.71. The molecule has 22 heavy (non-hydrogen) atoms. The molecule has 2 aliphatic heterocycles. The van der Waals surface area contributed by atoms with Gasteiger partial charge in [-0.2, -0.15) is 0 Å². The number of hydrogen-bond donors (Lipinski definition) is 1. The van der Waals surface area contributed by atoms with Gasteiger partial charge in [-0.05, 0) is 37.5 Å². The molecule has 2 unspecified atom stereocenters. The van der Waals surface area contributed by atoms with Crippen LogP contribution in [0.25, 0.3) is 0 Å². The van der Waals surface area contributed by atoms with E-state index in [0.717, 1.165) is 39.0 Å². The minimum atomic E-state index is 0.194. The lowest BCUT2D eigenvalue weighted by molar-refractivity contribution is -0.135. The van der Waals surface area contributed by atoms with Gasteiger partial charge in [0.2, 0.25) is 5.91 Å². The summed E-state index contributed by atoms with van der Waals surface area (Å²) in [7, 11) is 0. The van der Waals surface area contributed by atoms with Crippen molar-refractivity contribution >= 4 is 5.91 Å². The molecule has 5 heteroatoms. The molecule has 128 valence electrons. The van der Waals surface area contributed by atoms with Gasteiger partial charge in [-0.15, -0.1) is 0 Å². The number of ether oxygens (including phenoxy) is 1. The van der Waals surface area contributed by atoms with Crippen LogP contribution in [-0.4, -0.2) is 72.9 Å². The molecule has 2 rings (SSSR count). The van der Waals surface area contributed by atoms with Crippen LogP contribution in [0.4, 0.5) is 0 Å². The van der Waals surface area contributed by atoms with E-state index in [1.165, 1.54) is 6.42 Å². The van der Waals surface area contributed by atoms with E-state index < -0.39 is 0 Å². The van der Waals surface area contributed by atoms with Crippen molar-refractivity contribution in [3.05, 3.63) is 0 Å². The zero-order valence-electron chi connectivity index (χ0n) is 14.2. The average Bonchev–Trinajstić information content (AvgIpc) is 2.48. The molecule has 2 saturated heterocycles. The third-order valence-corrected chi connectivity index (χ3v) is 4.77. The number of nitrogens with zero attached hydrogens (tertiary/aromatic N) is 2. The van der Waals surface area contributed by atoms with Gasteiger partial charge >= 0.3 is 0 Å². The molecular formula is C17H32N2O3. The summed E-state index contributed by atoms with van der Waals surface area (Å²) in [5, 5.41) is 8.77. The van der Waals surface area contributed by atoms with E-state index in [-0.39, 0.29) is 12.5 Å². The maximum absolute atomic E-state index is 12.5. The van der Waals surface area contributed by atoms with E-state index in [0.29, 0.717) is 37.5 Å². The number of aliphatic hydroxyl groups is 1. The van der Waals surface area contributed by atoms with Crippen molar-refractivity contribution in [3.8, 4) is 0 Å². The number of rotatable bonds is 6. The minimum absolute atomic E-state index is 0.194. The molecule has 2 fully saturated rings. The van der Waals surface area contributed by atoms with Crippen molar-refractivity contribution < 1.29 is 14.6 Å². The van der Waals surface area contributed by atoms with Gasteiger partial charge in [-0.1, -0.05) is 13.8 Å². The first-order chi connectivity index (χ1) is 10.6. The SMILES string of the molecule is CC1CC(C)CN(C(=O)CN2CCC(OCCCO)CC2)C1. The second-order valence-corrected chi connectivity index (χ2v) is 7.17. The quantitative estimate of drug-likeness (QED) is 0.752. The number of carbonyl (C=O) groups excluding carboxylic acids is 1. The molecule has 0 bridgehead atoms. The summed E-state index contributed by atoms with van der Waals surface area (Å²) in [6, 6.07) is 0. The minimum Gasteiger partial charge on any atom is -0.396 e. The van der Waals surface area contributed by atoms with Crippen molar-refractivity contribution in [2.24, 2.45) is 11.8 Å². The highest BCUT2D eigenvalue weighted by atomic mass is 16.5. The van der Waals surface area contributed by atoms with E-state index in [2.05, 4.69) is 23.6 Å². The van der Waals surface area contributed by atoms with Gasteiger partial charge in [0.15, 0.2) is 0 Å². The highest BCUT2D eigenvalue weighted by Crippen LogP contribution is 2.21. The second-order valence-electron chi connectivity index (χ2n) is 7.17. The molecule has 0 aromatic heterocycles. The summed E-state index contributed by atoms with van der Waals surface area (Å²) in [6.45, 7) is 9.60. The van der Waals surface area contributed by atoms with Crippen LogP contribution in [0.3, 0.4) is 0 Å². The van der Waals surface area contributed by atoms with E-state index >= 15 is 0 Å². The highest BCUT2D eigenvalue weighted by Gasteiger charge is 2.27. The standard InChI is InChI=1S/C17H32N2O3/c1-14-10-15(2)12-19(11-14)17(21)13-18-6-4-16(5-7-18)22-9-3-8-20/h14-16,20H,3-13H2,1-2H3. The first-order valence-electron chi connectivity index (χ1n) is 8.81. The molecule has 2 heterocycles. The summed E-state index contributed by atoms with van der Waals surface area (Å²) in [4.78, 5) is 16.8. The first kappa shape index (κ1) is 17.7. The Morgan fingerprint density at radius 3 is 2.41 bits per heavy atom. The molecule has 0 aromatic rings. The van der Waals surface area contributed by atoms with Crippen LogP contribution in [0.15, 0.2) is 0 Å². The fourth-order valence-electron chi connectivity index (χ4n) is 3.71. The van der Waals surface area contributed by atoms with E-state index in [9.17, 15) is 4.79 Å². The Kier molecular flexibility index (Phi) is 7.12. The molecular weight excluding hydrogens is 280 g/mol. The van der Waals surface area contributed by atoms with Gasteiger partial charge in [0.1, 0.15) is 0 Å². The zero-order valence-corrected chi connectivity index (χ0v) is 14.2. The number of piperidine rings is 2. The van der Waals surface area contributed by atoms with Gasteiger partial charge in [-0.3, -0.25) is 9.69 Å². The van der Waals surface area contributed by atoms with Gasteiger partial charge < -0.3 is 14.7 Å². The van der Waals surface area contributed by atoms with Crippen LogP contribution in [-0.2, 0) is 9.53 Å². The first-order valence-corrected chi connectivity index (χ1v) is 8.81. The zero-order chi connectivity index (χ0) is 15.9. The van der Waals surface area contributed by atoms with Gasteiger partial charge in [-0.25, -0.2) is 0 Å². The third kappa shape index (κ3) is 5.52. The molecule has 5 nitrogen and oxygen atoms in total. The maximum atomic E-state index is 12.5. The number of aliphatic hydroxyl groups excluding tert-OH is 1. The number of amides is 1. The molecule has 2 atom stereocenters. The smallest absolute Gasteiger partial charge is 0.236 e. The van der Waals surface area contributed by atoms with Crippen molar-refractivity contribution in [2.75, 3.05) is 45.9 Å². The van der Waals surface area contributed by atoms with E-state index in [1.807, 2.05) is 0 Å². The van der Waals surface area contributed by atoms with Crippen LogP contribution in [0.5, 0.6) is 0 Å². The lowest BCUT2D eigenvalue weighted by Gasteiger charge is -2.37. The number of likely N-dealkylation sites (tertiary alicyclic amines) is 2. The lowest BCUT2D eigenvalue weighted by Crippen LogP contribution is -2.48. The molecule has 0 radical (unpaired) electrons. The van der Waals surface area contributed by atoms with Crippen molar-refractivity contribution in [2.45, 2.75) is 45.6 Å². The molecule has 1 amide bonds. The van der Waals surface area contributed by atoms with Gasteiger partial charge in [0.05, 0.1) is 12.6 Å². The predicted octanol–water partition coefficient (Wildman–Crippen LogP) is 1.35. The van der Waals surface area contributed by atoms with Crippen LogP contribution in [0, 0.1) is 11.8 Å². The molecule has 2 aliphatic rings. The lowest BCUT2D eigenvalue weighted by atomic mass is 9.92. The number of hydrogen-bond acceptors (Lipinski definition) is 4. The fraction of sp³-hybridized carbons (Fsp3) is 0.941. The Bertz CT molecular complexity index is 333. The highest BCUT2D eigenvalue weighted by molar-refractivity contribution is 5.78. The van der Waals surface area contributed by atoms with E-state index in [4.69, 9.17) is 9.84 Å². The van der Waals surface area contributed by atoms with Crippen LogP contribution in [0.1, 0.15) is 39.5 Å². The summed E-state index contributed by atoms with van der Waals surface area (Å²) in [6.07, 6.45) is 4.23. The Balaban J connectivity index is 1.68. The molecule has 0 spiro atoms. The Labute approximate surface area is 134 Å². The average molecular weight is 312 g/mol. The van der Waals surface area contributed by atoms with Crippen LogP contribution in [0.2, 0.25) is 0 Å². The molecule has 0 aliphatic carbocycles. The van der Waals surface area contributed by atoms with Crippen molar-refractivity contribution in [3.63, 3.8) is 0 Å². The second kappa shape index (κ2) is 8.85. The third-order valence-electron chi connectivity index (χ3n) is 4.77. The molecule has 0 aromatic carbocycles. The van der Waals surface area contributed by atoms with Crippen LogP contribution < -0.4 is 0 Å². The Hall–Kier alpha value is -0.650. The number of carbonyl (C=O) groups is 1. The van der Waals surface area contributed by atoms with Gasteiger partial charge in [0.25, 0.3) is 0 Å². The van der Waals surface area contributed by atoms with Crippen molar-refractivity contribution in [1.29, 1.82) is 0 Å².